The molecule has 0 radical (unpaired) electrons. The summed E-state index contributed by atoms with van der Waals surface area (Å²) in [5, 5.41) is 1.71. The first-order valence-corrected chi connectivity index (χ1v) is 8.79. The molecule has 0 aliphatic heterocycles. The third-order valence-corrected chi connectivity index (χ3v) is 4.94. The van der Waals surface area contributed by atoms with Crippen LogP contribution in [-0.4, -0.2) is 11.6 Å². The van der Waals surface area contributed by atoms with Crippen LogP contribution in [0.1, 0.15) is 30.6 Å². The quantitative estimate of drug-likeness (QED) is 0.656. The first-order chi connectivity index (χ1) is 10.5. The molecule has 0 spiro atoms. The molecule has 0 aliphatic rings. The van der Waals surface area contributed by atoms with E-state index in [-0.39, 0.29) is 20.2 Å². The molecule has 2 aromatic rings. The Balaban J connectivity index is 2.09. The van der Waals surface area contributed by atoms with Crippen LogP contribution in [0.15, 0.2) is 42.5 Å². The van der Waals surface area contributed by atoms with Crippen molar-refractivity contribution >= 4 is 42.6 Å². The van der Waals surface area contributed by atoms with E-state index >= 15 is 0 Å². The van der Waals surface area contributed by atoms with Gasteiger partial charge >= 0.3 is 0 Å². The summed E-state index contributed by atoms with van der Waals surface area (Å²) in [5.74, 6) is 0.811. The van der Waals surface area contributed by atoms with E-state index in [1.807, 2.05) is 31.2 Å². The molecule has 0 amide bonds. The van der Waals surface area contributed by atoms with E-state index in [1.165, 1.54) is 0 Å². The summed E-state index contributed by atoms with van der Waals surface area (Å²) in [4.78, 5) is 12.4. The molecule has 2 atom stereocenters. The van der Waals surface area contributed by atoms with Gasteiger partial charge in [0, 0.05) is 0 Å². The monoisotopic (exact) mass is 354 g/mol. The largest absolute Gasteiger partial charge is 0.491 e. The molecule has 0 saturated heterocycles. The van der Waals surface area contributed by atoms with E-state index in [4.69, 9.17) is 27.9 Å². The van der Waals surface area contributed by atoms with E-state index in [0.717, 1.165) is 17.5 Å². The van der Waals surface area contributed by atoms with Gasteiger partial charge in [-0.25, -0.2) is 0 Å². The van der Waals surface area contributed by atoms with Crippen molar-refractivity contribution in [2.24, 2.45) is 0 Å². The lowest BCUT2D eigenvalue weighted by Crippen LogP contribution is -2.10. The molecule has 0 fully saturated rings. The van der Waals surface area contributed by atoms with Crippen LogP contribution in [0.4, 0.5) is 0 Å². The molecule has 2 unspecified atom stereocenters. The number of carbonyl (C=O) groups excluding carboxylic acids is 1. The van der Waals surface area contributed by atoms with Crippen molar-refractivity contribution < 1.29 is 9.53 Å². The van der Waals surface area contributed by atoms with Crippen LogP contribution in [0, 0.1) is 0 Å². The van der Waals surface area contributed by atoms with Crippen LogP contribution in [0.5, 0.6) is 5.75 Å². The summed E-state index contributed by atoms with van der Waals surface area (Å²) in [6.45, 7) is 4.10. The highest BCUT2D eigenvalue weighted by atomic mass is 35.5. The molecule has 0 aliphatic carbocycles. The normalized spacial score (nSPS) is 12.5. The van der Waals surface area contributed by atoms with Crippen LogP contribution in [0.25, 0.3) is 0 Å². The lowest BCUT2D eigenvalue weighted by atomic mass is 10.2. The molecule has 22 heavy (non-hydrogen) atoms. The summed E-state index contributed by atoms with van der Waals surface area (Å²) in [7, 11) is -0.0223. The summed E-state index contributed by atoms with van der Waals surface area (Å²) >= 11 is 12.1. The van der Waals surface area contributed by atoms with Gasteiger partial charge in [0.25, 0.3) is 0 Å². The van der Waals surface area contributed by atoms with Gasteiger partial charge in [-0.15, -0.1) is 0 Å². The Bertz CT molecular complexity index is 636. The Morgan fingerprint density at radius 1 is 1.14 bits per heavy atom. The minimum atomic E-state index is -0.0637. The zero-order valence-electron chi connectivity index (χ0n) is 12.4. The van der Waals surface area contributed by atoms with Crippen LogP contribution >= 0.6 is 31.8 Å². The van der Waals surface area contributed by atoms with E-state index in [9.17, 15) is 4.79 Å². The van der Waals surface area contributed by atoms with Gasteiger partial charge in [0.2, 0.25) is 0 Å². The Kier molecular flexibility index (Phi) is 6.26. The van der Waals surface area contributed by atoms with Crippen molar-refractivity contribution in [2.45, 2.75) is 26.4 Å². The fraction of sp³-hybridized carbons (Fsp3) is 0.235. The number of ether oxygens (including phenoxy) is 1. The minimum absolute atomic E-state index is 0.0223. The second-order valence-corrected chi connectivity index (χ2v) is 7.01. The van der Waals surface area contributed by atoms with Gasteiger partial charge in [-0.3, -0.25) is 4.79 Å². The third kappa shape index (κ3) is 4.46. The van der Waals surface area contributed by atoms with Crippen LogP contribution in [0.2, 0.25) is 10.0 Å². The van der Waals surface area contributed by atoms with Crippen molar-refractivity contribution in [2.75, 3.05) is 0 Å². The fourth-order valence-electron chi connectivity index (χ4n) is 1.84. The highest BCUT2D eigenvalue weighted by Crippen LogP contribution is 2.30. The van der Waals surface area contributed by atoms with Crippen molar-refractivity contribution in [3.8, 4) is 5.75 Å². The maximum atomic E-state index is 12.4. The summed E-state index contributed by atoms with van der Waals surface area (Å²) in [6.07, 6.45) is 1.13. The van der Waals surface area contributed by atoms with E-state index < -0.39 is 0 Å². The molecule has 116 valence electrons. The van der Waals surface area contributed by atoms with Crippen molar-refractivity contribution in [3.05, 3.63) is 58.1 Å². The zero-order valence-corrected chi connectivity index (χ0v) is 14.9. The van der Waals surface area contributed by atoms with E-state index in [2.05, 4.69) is 6.92 Å². The topological polar surface area (TPSA) is 26.3 Å². The van der Waals surface area contributed by atoms with Gasteiger partial charge in [-0.2, -0.15) is 0 Å². The molecule has 2 aromatic carbocycles. The SMILES string of the molecule is CCC(C)Oc1ccc(PC(=O)c2c(Cl)cccc2Cl)cc1. The first kappa shape index (κ1) is 17.3. The highest BCUT2D eigenvalue weighted by molar-refractivity contribution is 7.66. The number of hydrogen-bond donors (Lipinski definition) is 0. The smallest absolute Gasteiger partial charge is 0.188 e. The second-order valence-electron chi connectivity index (χ2n) is 4.91. The Hall–Kier alpha value is -1.08. The van der Waals surface area contributed by atoms with E-state index in [1.54, 1.807) is 18.2 Å². The van der Waals surface area contributed by atoms with Crippen molar-refractivity contribution in [1.82, 2.24) is 0 Å². The minimum Gasteiger partial charge on any atom is -0.491 e. The van der Waals surface area contributed by atoms with Gasteiger partial charge in [-0.1, -0.05) is 48.3 Å². The molecule has 0 bridgehead atoms. The molecular formula is C17H17Cl2O2P. The molecule has 0 heterocycles. The maximum absolute atomic E-state index is 12.4. The van der Waals surface area contributed by atoms with Crippen molar-refractivity contribution in [3.63, 3.8) is 0 Å². The van der Waals surface area contributed by atoms with Gasteiger partial charge < -0.3 is 4.74 Å². The van der Waals surface area contributed by atoms with E-state index in [0.29, 0.717) is 15.6 Å². The zero-order chi connectivity index (χ0) is 16.1. The summed E-state index contributed by atoms with van der Waals surface area (Å²) in [6, 6.07) is 12.7. The molecule has 2 rings (SSSR count). The molecule has 2 nitrogen and oxygen atoms in total. The molecule has 0 saturated carbocycles. The molecule has 0 aromatic heterocycles. The highest BCUT2D eigenvalue weighted by Gasteiger charge is 2.15. The maximum Gasteiger partial charge on any atom is 0.188 e. The number of halogens is 2. The Labute approximate surface area is 142 Å². The van der Waals surface area contributed by atoms with Crippen LogP contribution < -0.4 is 10.0 Å². The summed E-state index contributed by atoms with van der Waals surface area (Å²) in [5.41, 5.74) is 0.329. The number of rotatable bonds is 6. The van der Waals surface area contributed by atoms with Gasteiger partial charge in [0.1, 0.15) is 5.75 Å². The Morgan fingerprint density at radius 2 is 1.73 bits per heavy atom. The van der Waals surface area contributed by atoms with Gasteiger partial charge in [0.05, 0.1) is 21.7 Å². The lowest BCUT2D eigenvalue weighted by Gasteiger charge is -2.12. The standard InChI is InChI=1S/C17H17Cl2O2P/c1-3-11(2)21-12-7-9-13(10-8-12)22-17(20)16-14(18)5-4-6-15(16)19/h4-11,22H,3H2,1-2H3. The van der Waals surface area contributed by atoms with Crippen LogP contribution in [0.3, 0.4) is 0 Å². The first-order valence-electron chi connectivity index (χ1n) is 7.03. The predicted octanol–water partition coefficient (Wildman–Crippen LogP) is 5.31. The lowest BCUT2D eigenvalue weighted by molar-refractivity contribution is 0.108. The average molecular weight is 355 g/mol. The van der Waals surface area contributed by atoms with Gasteiger partial charge in [-0.05, 0) is 51.5 Å². The molecule has 5 heteroatoms. The number of hydrogen-bond acceptors (Lipinski definition) is 2. The predicted molar refractivity (Wildman–Crippen MR) is 95.6 cm³/mol. The average Bonchev–Trinajstić information content (AvgIpc) is 2.49. The molecular weight excluding hydrogens is 338 g/mol. The molecule has 0 N–H and O–H groups in total. The van der Waals surface area contributed by atoms with Crippen molar-refractivity contribution in [1.29, 1.82) is 0 Å². The number of carbonyl (C=O) groups is 1. The Morgan fingerprint density at radius 3 is 2.27 bits per heavy atom. The van der Waals surface area contributed by atoms with Gasteiger partial charge in [0.15, 0.2) is 5.52 Å². The second kappa shape index (κ2) is 7.97. The third-order valence-electron chi connectivity index (χ3n) is 3.21. The number of benzene rings is 2. The fourth-order valence-corrected chi connectivity index (χ4v) is 3.56. The van der Waals surface area contributed by atoms with Crippen LogP contribution in [-0.2, 0) is 0 Å². The summed E-state index contributed by atoms with van der Waals surface area (Å²) < 4.78 is 5.72.